The molecule has 0 saturated heterocycles. The van der Waals surface area contributed by atoms with Gasteiger partial charge in [0.05, 0.1) is 6.26 Å². The van der Waals surface area contributed by atoms with Crippen molar-refractivity contribution < 1.29 is 9.21 Å². The number of carbonyl (C=O) groups excluding carboxylic acids is 1. The van der Waals surface area contributed by atoms with Gasteiger partial charge in [0.1, 0.15) is 0 Å². The molecule has 0 aliphatic heterocycles. The highest BCUT2D eigenvalue weighted by Crippen LogP contribution is 2.05. The van der Waals surface area contributed by atoms with E-state index in [1.165, 1.54) is 6.26 Å². The largest absolute Gasteiger partial charge is 0.449 e. The second-order valence-electron chi connectivity index (χ2n) is 3.18. The molecule has 0 aliphatic rings. The zero-order chi connectivity index (χ0) is 11.8. The first-order chi connectivity index (χ1) is 7.72. The van der Waals surface area contributed by atoms with Gasteiger partial charge >= 0.3 is 6.03 Å². The van der Waals surface area contributed by atoms with E-state index in [1.54, 1.807) is 12.1 Å². The fourth-order valence-corrected chi connectivity index (χ4v) is 1.01. The average molecular weight is 224 g/mol. The SMILES string of the molecule is CCCCN=C(N)NC(=O)Nc1ccco1. The molecule has 0 spiro atoms. The summed E-state index contributed by atoms with van der Waals surface area (Å²) in [6.45, 7) is 2.67. The molecule has 2 amide bonds. The highest BCUT2D eigenvalue weighted by Gasteiger charge is 2.03. The van der Waals surface area contributed by atoms with Crippen LogP contribution < -0.4 is 16.4 Å². The number of urea groups is 1. The number of hydrogen-bond donors (Lipinski definition) is 3. The van der Waals surface area contributed by atoms with Gasteiger partial charge in [-0.3, -0.25) is 15.6 Å². The van der Waals surface area contributed by atoms with E-state index in [4.69, 9.17) is 10.2 Å². The van der Waals surface area contributed by atoms with Crippen LogP contribution in [0.25, 0.3) is 0 Å². The molecule has 1 aromatic rings. The summed E-state index contributed by atoms with van der Waals surface area (Å²) in [5.74, 6) is 0.469. The minimum atomic E-state index is -0.465. The number of nitrogens with zero attached hydrogens (tertiary/aromatic N) is 1. The van der Waals surface area contributed by atoms with Crippen molar-refractivity contribution in [1.29, 1.82) is 0 Å². The van der Waals surface area contributed by atoms with Crippen molar-refractivity contribution in [1.82, 2.24) is 5.32 Å². The van der Waals surface area contributed by atoms with Crippen molar-refractivity contribution in [3.63, 3.8) is 0 Å². The van der Waals surface area contributed by atoms with Gasteiger partial charge in [0.25, 0.3) is 0 Å². The van der Waals surface area contributed by atoms with Crippen molar-refractivity contribution in [2.24, 2.45) is 10.7 Å². The summed E-state index contributed by atoms with van der Waals surface area (Å²) >= 11 is 0. The lowest BCUT2D eigenvalue weighted by Crippen LogP contribution is -2.39. The predicted octanol–water partition coefficient (Wildman–Crippen LogP) is 1.52. The Kier molecular flexibility index (Phi) is 4.91. The van der Waals surface area contributed by atoms with E-state index in [2.05, 4.69) is 22.5 Å². The topological polar surface area (TPSA) is 92.6 Å². The van der Waals surface area contributed by atoms with Gasteiger partial charge in [0.15, 0.2) is 5.96 Å². The molecule has 0 atom stereocenters. The smallest absolute Gasteiger partial charge is 0.328 e. The van der Waals surface area contributed by atoms with Crippen molar-refractivity contribution in [3.05, 3.63) is 18.4 Å². The number of guanidine groups is 1. The quantitative estimate of drug-likeness (QED) is 0.411. The average Bonchev–Trinajstić information content (AvgIpc) is 2.70. The first-order valence-electron chi connectivity index (χ1n) is 5.13. The Labute approximate surface area is 93.9 Å². The van der Waals surface area contributed by atoms with Gasteiger partial charge in [-0.15, -0.1) is 0 Å². The summed E-state index contributed by atoms with van der Waals surface area (Å²) in [5, 5.41) is 4.86. The molecule has 0 bridgehead atoms. The van der Waals surface area contributed by atoms with Crippen LogP contribution in [0.2, 0.25) is 0 Å². The van der Waals surface area contributed by atoms with Crippen LogP contribution in [0, 0.1) is 0 Å². The summed E-state index contributed by atoms with van der Waals surface area (Å²) in [7, 11) is 0. The predicted molar refractivity (Wildman–Crippen MR) is 62.3 cm³/mol. The zero-order valence-electron chi connectivity index (χ0n) is 9.19. The van der Waals surface area contributed by atoms with E-state index in [-0.39, 0.29) is 5.96 Å². The normalized spacial score (nSPS) is 11.2. The van der Waals surface area contributed by atoms with Crippen LogP contribution in [-0.2, 0) is 0 Å². The van der Waals surface area contributed by atoms with E-state index in [1.807, 2.05) is 0 Å². The van der Waals surface area contributed by atoms with E-state index in [0.717, 1.165) is 12.8 Å². The van der Waals surface area contributed by atoms with E-state index < -0.39 is 6.03 Å². The molecule has 0 aromatic carbocycles. The van der Waals surface area contributed by atoms with Gasteiger partial charge in [0.2, 0.25) is 5.88 Å². The highest BCUT2D eigenvalue weighted by atomic mass is 16.3. The molecule has 1 rings (SSSR count). The summed E-state index contributed by atoms with van der Waals surface area (Å²) in [5.41, 5.74) is 5.49. The van der Waals surface area contributed by atoms with Crippen LogP contribution in [-0.4, -0.2) is 18.5 Å². The van der Waals surface area contributed by atoms with Gasteiger partial charge in [-0.25, -0.2) is 4.79 Å². The third kappa shape index (κ3) is 4.50. The summed E-state index contributed by atoms with van der Waals surface area (Å²) in [6.07, 6.45) is 3.45. The van der Waals surface area contributed by atoms with Crippen LogP contribution >= 0.6 is 0 Å². The molecular weight excluding hydrogens is 208 g/mol. The second-order valence-corrected chi connectivity index (χ2v) is 3.18. The standard InChI is InChI=1S/C10H16N4O2/c1-2-3-6-12-9(11)14-10(15)13-8-5-4-7-16-8/h4-5,7H,2-3,6H2,1H3,(H4,11,12,13,14,15). The van der Waals surface area contributed by atoms with Gasteiger partial charge in [-0.05, 0) is 12.5 Å². The number of rotatable bonds is 4. The minimum absolute atomic E-state index is 0.109. The van der Waals surface area contributed by atoms with Gasteiger partial charge < -0.3 is 10.2 Å². The monoisotopic (exact) mass is 224 g/mol. The Morgan fingerprint density at radius 1 is 1.62 bits per heavy atom. The molecule has 0 fully saturated rings. The maximum Gasteiger partial charge on any atom is 0.328 e. The number of unbranched alkanes of at least 4 members (excludes halogenated alkanes) is 1. The fraction of sp³-hybridized carbons (Fsp3) is 0.400. The van der Waals surface area contributed by atoms with Crippen LogP contribution in [0.4, 0.5) is 10.7 Å². The summed E-state index contributed by atoms with van der Waals surface area (Å²) in [4.78, 5) is 15.3. The minimum Gasteiger partial charge on any atom is -0.449 e. The number of amides is 2. The highest BCUT2D eigenvalue weighted by molar-refractivity contribution is 6.01. The lowest BCUT2D eigenvalue weighted by atomic mass is 10.3. The molecule has 0 unspecified atom stereocenters. The third-order valence-electron chi connectivity index (χ3n) is 1.79. The fourth-order valence-electron chi connectivity index (χ4n) is 1.01. The number of furan rings is 1. The molecule has 16 heavy (non-hydrogen) atoms. The number of nitrogens with one attached hydrogen (secondary N) is 2. The molecule has 88 valence electrons. The molecule has 0 aliphatic carbocycles. The third-order valence-corrected chi connectivity index (χ3v) is 1.79. The van der Waals surface area contributed by atoms with E-state index in [9.17, 15) is 4.79 Å². The van der Waals surface area contributed by atoms with Crippen LogP contribution in [0.5, 0.6) is 0 Å². The van der Waals surface area contributed by atoms with Crippen molar-refractivity contribution in [3.8, 4) is 0 Å². The van der Waals surface area contributed by atoms with Crippen molar-refractivity contribution in [2.75, 3.05) is 11.9 Å². The molecule has 0 saturated carbocycles. The first kappa shape index (κ1) is 12.1. The van der Waals surface area contributed by atoms with Crippen molar-refractivity contribution >= 4 is 17.9 Å². The molecule has 1 heterocycles. The van der Waals surface area contributed by atoms with Crippen LogP contribution in [0.15, 0.2) is 27.8 Å². The molecule has 6 heteroatoms. The Hall–Kier alpha value is -1.98. The lowest BCUT2D eigenvalue weighted by molar-refractivity contribution is 0.255. The Morgan fingerprint density at radius 3 is 3.06 bits per heavy atom. The summed E-state index contributed by atoms with van der Waals surface area (Å²) < 4.78 is 4.93. The first-order valence-corrected chi connectivity index (χ1v) is 5.13. The zero-order valence-corrected chi connectivity index (χ0v) is 9.19. The van der Waals surface area contributed by atoms with E-state index in [0.29, 0.717) is 12.4 Å². The number of carbonyl (C=O) groups is 1. The molecule has 1 aromatic heterocycles. The molecule has 0 radical (unpaired) electrons. The lowest BCUT2D eigenvalue weighted by Gasteiger charge is -2.04. The van der Waals surface area contributed by atoms with Crippen LogP contribution in [0.1, 0.15) is 19.8 Å². The maximum atomic E-state index is 11.3. The number of anilines is 1. The second kappa shape index (κ2) is 6.49. The number of aliphatic imine (C=N–C) groups is 1. The summed E-state index contributed by atoms with van der Waals surface area (Å²) in [6, 6.07) is 2.84. The van der Waals surface area contributed by atoms with Gasteiger partial charge in [-0.2, -0.15) is 0 Å². The van der Waals surface area contributed by atoms with Gasteiger partial charge in [-0.1, -0.05) is 13.3 Å². The number of hydrogen-bond acceptors (Lipinski definition) is 3. The Balaban J connectivity index is 2.31. The Bertz CT molecular complexity index is 346. The van der Waals surface area contributed by atoms with Crippen molar-refractivity contribution in [2.45, 2.75) is 19.8 Å². The number of nitrogens with two attached hydrogens (primary N) is 1. The Morgan fingerprint density at radius 2 is 2.44 bits per heavy atom. The van der Waals surface area contributed by atoms with Gasteiger partial charge in [0, 0.05) is 12.6 Å². The van der Waals surface area contributed by atoms with Crippen LogP contribution in [0.3, 0.4) is 0 Å². The van der Waals surface area contributed by atoms with E-state index >= 15 is 0 Å². The molecule has 6 nitrogen and oxygen atoms in total. The molecule has 4 N–H and O–H groups in total. The maximum absolute atomic E-state index is 11.3. The molecular formula is C10H16N4O2.